The highest BCUT2D eigenvalue weighted by atomic mass is 35.5. The minimum atomic E-state index is -1.01. The lowest BCUT2D eigenvalue weighted by Crippen LogP contribution is -2.00. The topological polar surface area (TPSA) is 115 Å². The van der Waals surface area contributed by atoms with E-state index in [1.807, 2.05) is 43.5 Å². The standard InChI is InChI=1S/C26H22ClN5O4/c1-3-32-13-17(30-31-32)14-35-18-8-5-16(6-9-18)21-11-23-24(12-22(21)27)29-26(28-23)36-19-7-4-15(2)20(10-19)25(33)34/h4-13H,3,14H2,1-2H3,(H,28,29)(H,33,34). The highest BCUT2D eigenvalue weighted by Crippen LogP contribution is 2.34. The van der Waals surface area contributed by atoms with Crippen LogP contribution in [0.25, 0.3) is 22.2 Å². The molecule has 0 aliphatic carbocycles. The van der Waals surface area contributed by atoms with Crippen molar-refractivity contribution < 1.29 is 19.4 Å². The smallest absolute Gasteiger partial charge is 0.336 e. The number of ether oxygens (including phenoxy) is 2. The number of imidazole rings is 1. The molecule has 5 rings (SSSR count). The van der Waals surface area contributed by atoms with Crippen molar-refractivity contribution in [2.45, 2.75) is 27.0 Å². The van der Waals surface area contributed by atoms with Gasteiger partial charge in [-0.25, -0.2) is 4.79 Å². The SMILES string of the molecule is CCn1cc(COc2ccc(-c3cc4nc(Oc5ccc(C)c(C(=O)O)c5)[nH]c4cc3Cl)cc2)nn1. The molecule has 0 unspecified atom stereocenters. The van der Waals surface area contributed by atoms with Crippen molar-refractivity contribution >= 4 is 28.6 Å². The molecule has 0 spiro atoms. The number of nitrogens with one attached hydrogen (secondary N) is 1. The Morgan fingerprint density at radius 2 is 1.89 bits per heavy atom. The zero-order valence-electron chi connectivity index (χ0n) is 19.5. The Balaban J connectivity index is 1.34. The van der Waals surface area contributed by atoms with Crippen LogP contribution in [0.1, 0.15) is 28.5 Å². The largest absolute Gasteiger partial charge is 0.487 e. The third-order valence-corrected chi connectivity index (χ3v) is 5.98. The van der Waals surface area contributed by atoms with Crippen LogP contribution in [-0.2, 0) is 13.2 Å². The number of aromatic carboxylic acids is 1. The summed E-state index contributed by atoms with van der Waals surface area (Å²) in [6.07, 6.45) is 1.86. The van der Waals surface area contributed by atoms with Gasteiger partial charge in [0.25, 0.3) is 6.01 Å². The summed E-state index contributed by atoms with van der Waals surface area (Å²) in [5, 5.41) is 18.0. The summed E-state index contributed by atoms with van der Waals surface area (Å²) in [5.74, 6) is 0.0622. The number of H-pyrrole nitrogens is 1. The molecule has 2 aromatic heterocycles. The van der Waals surface area contributed by atoms with Crippen LogP contribution in [0.15, 0.2) is 60.8 Å². The Kier molecular flexibility index (Phi) is 6.30. The molecule has 10 heteroatoms. The second-order valence-electron chi connectivity index (χ2n) is 8.15. The number of carboxylic acid groups (broad SMARTS) is 1. The third kappa shape index (κ3) is 4.87. The van der Waals surface area contributed by atoms with Crippen LogP contribution in [0, 0.1) is 6.92 Å². The molecule has 0 atom stereocenters. The molecule has 0 amide bonds. The summed E-state index contributed by atoms with van der Waals surface area (Å²) in [6, 6.07) is 16.3. The van der Waals surface area contributed by atoms with Gasteiger partial charge in [-0.1, -0.05) is 35.0 Å². The highest BCUT2D eigenvalue weighted by molar-refractivity contribution is 6.34. The summed E-state index contributed by atoms with van der Waals surface area (Å²) in [6.45, 7) is 4.82. The molecule has 0 radical (unpaired) electrons. The van der Waals surface area contributed by atoms with E-state index in [2.05, 4.69) is 20.3 Å². The van der Waals surface area contributed by atoms with Gasteiger partial charge in [0.2, 0.25) is 0 Å². The van der Waals surface area contributed by atoms with Crippen molar-refractivity contribution in [3.05, 3.63) is 82.6 Å². The Morgan fingerprint density at radius 1 is 1.11 bits per heavy atom. The van der Waals surface area contributed by atoms with Crippen LogP contribution in [-0.4, -0.2) is 36.0 Å². The van der Waals surface area contributed by atoms with E-state index < -0.39 is 5.97 Å². The number of aryl methyl sites for hydroxylation is 2. The average molecular weight is 504 g/mol. The fraction of sp³-hybridized carbons (Fsp3) is 0.154. The average Bonchev–Trinajstić information content (AvgIpc) is 3.49. The van der Waals surface area contributed by atoms with Gasteiger partial charge < -0.3 is 19.6 Å². The molecule has 0 bridgehead atoms. The van der Waals surface area contributed by atoms with E-state index in [-0.39, 0.29) is 11.6 Å². The van der Waals surface area contributed by atoms with E-state index in [9.17, 15) is 9.90 Å². The van der Waals surface area contributed by atoms with Gasteiger partial charge in [-0.3, -0.25) is 4.68 Å². The van der Waals surface area contributed by atoms with Crippen LogP contribution >= 0.6 is 11.6 Å². The molecule has 2 heterocycles. The maximum absolute atomic E-state index is 11.4. The summed E-state index contributed by atoms with van der Waals surface area (Å²) in [5.41, 5.74) is 4.66. The maximum atomic E-state index is 11.4. The van der Waals surface area contributed by atoms with Crippen molar-refractivity contribution in [2.75, 3.05) is 0 Å². The fourth-order valence-electron chi connectivity index (χ4n) is 3.73. The number of carboxylic acids is 1. The van der Waals surface area contributed by atoms with Crippen LogP contribution in [0.4, 0.5) is 0 Å². The number of hydrogen-bond donors (Lipinski definition) is 2. The Labute approximate surface area is 211 Å². The molecule has 3 aromatic carbocycles. The Hall–Kier alpha value is -4.37. The molecular formula is C26H22ClN5O4. The number of aromatic nitrogens is 5. The lowest BCUT2D eigenvalue weighted by atomic mass is 10.0. The molecule has 36 heavy (non-hydrogen) atoms. The second kappa shape index (κ2) is 9.71. The quantitative estimate of drug-likeness (QED) is 0.272. The third-order valence-electron chi connectivity index (χ3n) is 5.67. The first-order chi connectivity index (χ1) is 17.4. The van der Waals surface area contributed by atoms with E-state index in [1.165, 1.54) is 6.07 Å². The highest BCUT2D eigenvalue weighted by Gasteiger charge is 2.13. The van der Waals surface area contributed by atoms with Gasteiger partial charge >= 0.3 is 5.97 Å². The van der Waals surface area contributed by atoms with Crippen molar-refractivity contribution in [1.82, 2.24) is 25.0 Å². The van der Waals surface area contributed by atoms with Crippen molar-refractivity contribution in [3.63, 3.8) is 0 Å². The van der Waals surface area contributed by atoms with Gasteiger partial charge in [0.05, 0.1) is 27.8 Å². The molecule has 0 aliphatic heterocycles. The fourth-order valence-corrected chi connectivity index (χ4v) is 4.00. The summed E-state index contributed by atoms with van der Waals surface area (Å²) < 4.78 is 13.3. The van der Waals surface area contributed by atoms with Crippen molar-refractivity contribution in [3.8, 4) is 28.6 Å². The first kappa shape index (κ1) is 23.4. The zero-order chi connectivity index (χ0) is 25.2. The predicted molar refractivity (Wildman–Crippen MR) is 135 cm³/mol. The Morgan fingerprint density at radius 3 is 2.61 bits per heavy atom. The molecule has 2 N–H and O–H groups in total. The molecule has 5 aromatic rings. The summed E-state index contributed by atoms with van der Waals surface area (Å²) in [4.78, 5) is 19.0. The van der Waals surface area contributed by atoms with Gasteiger partial charge in [0.15, 0.2) is 0 Å². The minimum absolute atomic E-state index is 0.175. The molecule has 0 saturated carbocycles. The summed E-state index contributed by atoms with van der Waals surface area (Å²) in [7, 11) is 0. The first-order valence-corrected chi connectivity index (χ1v) is 11.6. The maximum Gasteiger partial charge on any atom is 0.336 e. The number of rotatable bonds is 8. The number of fused-ring (bicyclic) bond motifs is 1. The number of aromatic amines is 1. The Bertz CT molecular complexity index is 1560. The lowest BCUT2D eigenvalue weighted by molar-refractivity contribution is 0.0695. The summed E-state index contributed by atoms with van der Waals surface area (Å²) >= 11 is 6.57. The molecular weight excluding hydrogens is 482 g/mol. The van der Waals surface area contributed by atoms with Gasteiger partial charge in [0.1, 0.15) is 23.8 Å². The lowest BCUT2D eigenvalue weighted by Gasteiger charge is -2.07. The number of halogens is 1. The van der Waals surface area contributed by atoms with E-state index in [1.54, 1.807) is 29.8 Å². The van der Waals surface area contributed by atoms with Crippen molar-refractivity contribution in [1.29, 1.82) is 0 Å². The number of nitrogens with zero attached hydrogens (tertiary/aromatic N) is 4. The van der Waals surface area contributed by atoms with Crippen LogP contribution in [0.3, 0.4) is 0 Å². The van der Waals surface area contributed by atoms with Gasteiger partial charge in [-0.2, -0.15) is 4.98 Å². The second-order valence-corrected chi connectivity index (χ2v) is 8.56. The van der Waals surface area contributed by atoms with Crippen LogP contribution in [0.5, 0.6) is 17.5 Å². The normalized spacial score (nSPS) is 11.1. The van der Waals surface area contributed by atoms with Gasteiger partial charge in [-0.15, -0.1) is 5.10 Å². The number of carbonyl (C=O) groups is 1. The van der Waals surface area contributed by atoms with Crippen LogP contribution in [0.2, 0.25) is 5.02 Å². The van der Waals surface area contributed by atoms with Crippen LogP contribution < -0.4 is 9.47 Å². The van der Waals surface area contributed by atoms with Gasteiger partial charge in [-0.05, 0) is 61.4 Å². The van der Waals surface area contributed by atoms with E-state index in [0.29, 0.717) is 39.7 Å². The molecule has 0 saturated heterocycles. The number of benzene rings is 3. The van der Waals surface area contributed by atoms with E-state index in [4.69, 9.17) is 21.1 Å². The molecule has 182 valence electrons. The van der Waals surface area contributed by atoms with E-state index >= 15 is 0 Å². The predicted octanol–water partition coefficient (Wildman–Crippen LogP) is 5.87. The zero-order valence-corrected chi connectivity index (χ0v) is 20.3. The monoisotopic (exact) mass is 503 g/mol. The minimum Gasteiger partial charge on any atom is -0.487 e. The molecule has 9 nitrogen and oxygen atoms in total. The van der Waals surface area contributed by atoms with Crippen molar-refractivity contribution in [2.24, 2.45) is 0 Å². The van der Waals surface area contributed by atoms with Gasteiger partial charge in [0, 0.05) is 12.1 Å². The molecule has 0 aliphatic rings. The van der Waals surface area contributed by atoms with E-state index in [0.717, 1.165) is 23.4 Å². The first-order valence-electron chi connectivity index (χ1n) is 11.2. The molecule has 0 fully saturated rings. The number of hydrogen-bond acceptors (Lipinski definition) is 6.